The maximum Gasteiger partial charge on any atom is 0.277 e. The maximum atomic E-state index is 11.7. The molecule has 22 heavy (non-hydrogen) atoms. The summed E-state index contributed by atoms with van der Waals surface area (Å²) in [5.74, 6) is 0.763. The minimum absolute atomic E-state index is 0.0720. The lowest BCUT2D eigenvalue weighted by Gasteiger charge is -2.12. The second kappa shape index (κ2) is 7.93. The molecule has 0 aliphatic rings. The summed E-state index contributed by atoms with van der Waals surface area (Å²) in [5, 5.41) is 3.88. The van der Waals surface area contributed by atoms with E-state index in [1.54, 1.807) is 30.7 Å². The second-order valence-electron chi connectivity index (χ2n) is 5.05. The van der Waals surface area contributed by atoms with Crippen LogP contribution in [0.4, 0.5) is 0 Å². The summed E-state index contributed by atoms with van der Waals surface area (Å²) in [6.45, 7) is 4.10. The summed E-state index contributed by atoms with van der Waals surface area (Å²) in [6, 6.07) is 11.3. The van der Waals surface area contributed by atoms with Gasteiger partial charge in [-0.25, -0.2) is 5.43 Å². The minimum Gasteiger partial charge on any atom is -0.483 e. The molecule has 0 saturated carbocycles. The van der Waals surface area contributed by atoms with Crippen LogP contribution < -0.4 is 10.2 Å². The first-order valence-corrected chi connectivity index (χ1v) is 7.10. The van der Waals surface area contributed by atoms with Gasteiger partial charge in [0.05, 0.1) is 6.21 Å². The Kier molecular flexibility index (Phi) is 5.65. The molecular formula is C17H19N3O2. The lowest BCUT2D eigenvalue weighted by Crippen LogP contribution is -2.24. The molecule has 114 valence electrons. The highest BCUT2D eigenvalue weighted by atomic mass is 16.5. The molecule has 0 atom stereocenters. The lowest BCUT2D eigenvalue weighted by molar-refractivity contribution is -0.123. The van der Waals surface area contributed by atoms with Gasteiger partial charge in [0.25, 0.3) is 5.91 Å². The molecule has 0 radical (unpaired) electrons. The van der Waals surface area contributed by atoms with E-state index < -0.39 is 0 Å². The van der Waals surface area contributed by atoms with Crippen LogP contribution in [0.5, 0.6) is 5.75 Å². The molecule has 0 bridgehead atoms. The molecule has 5 nitrogen and oxygen atoms in total. The monoisotopic (exact) mass is 297 g/mol. The molecule has 0 aliphatic carbocycles. The Labute approximate surface area is 130 Å². The number of amides is 1. The number of hydrogen-bond donors (Lipinski definition) is 1. The Morgan fingerprint density at radius 3 is 2.73 bits per heavy atom. The van der Waals surface area contributed by atoms with E-state index >= 15 is 0 Å². The summed E-state index contributed by atoms with van der Waals surface area (Å²) in [4.78, 5) is 15.6. The van der Waals surface area contributed by atoms with Crippen molar-refractivity contribution < 1.29 is 9.53 Å². The van der Waals surface area contributed by atoms with Crippen molar-refractivity contribution in [1.82, 2.24) is 10.4 Å². The third kappa shape index (κ3) is 4.70. The highest BCUT2D eigenvalue weighted by Gasteiger charge is 2.08. The molecular weight excluding hydrogens is 278 g/mol. The highest BCUT2D eigenvalue weighted by molar-refractivity contribution is 5.82. The number of hydrogen-bond acceptors (Lipinski definition) is 4. The number of nitrogens with zero attached hydrogens (tertiary/aromatic N) is 2. The topological polar surface area (TPSA) is 63.6 Å². The molecule has 1 N–H and O–H groups in total. The number of nitrogens with one attached hydrogen (secondary N) is 1. The van der Waals surface area contributed by atoms with Crippen LogP contribution >= 0.6 is 0 Å². The molecule has 1 amide bonds. The van der Waals surface area contributed by atoms with Gasteiger partial charge in [-0.15, -0.1) is 0 Å². The third-order valence-corrected chi connectivity index (χ3v) is 3.01. The third-order valence-electron chi connectivity index (χ3n) is 3.01. The summed E-state index contributed by atoms with van der Waals surface area (Å²) in [6.07, 6.45) is 4.88. The number of ether oxygens (including phenoxy) is 1. The van der Waals surface area contributed by atoms with E-state index in [0.717, 1.165) is 16.9 Å². The largest absolute Gasteiger partial charge is 0.483 e. The Morgan fingerprint density at radius 1 is 1.27 bits per heavy atom. The second-order valence-corrected chi connectivity index (χ2v) is 5.05. The Morgan fingerprint density at radius 2 is 2.00 bits per heavy atom. The zero-order valence-electron chi connectivity index (χ0n) is 12.7. The van der Waals surface area contributed by atoms with Crippen LogP contribution in [0.2, 0.25) is 0 Å². The van der Waals surface area contributed by atoms with Crippen molar-refractivity contribution in [3.63, 3.8) is 0 Å². The summed E-state index contributed by atoms with van der Waals surface area (Å²) in [7, 11) is 0. The Balaban J connectivity index is 1.85. The Bertz CT molecular complexity index is 639. The van der Waals surface area contributed by atoms with Crippen LogP contribution in [-0.4, -0.2) is 23.7 Å². The average molecular weight is 297 g/mol. The van der Waals surface area contributed by atoms with Crippen molar-refractivity contribution in [2.45, 2.75) is 19.8 Å². The van der Waals surface area contributed by atoms with Crippen molar-refractivity contribution in [3.8, 4) is 5.75 Å². The summed E-state index contributed by atoms with van der Waals surface area (Å²) in [5.41, 5.74) is 4.38. The zero-order chi connectivity index (χ0) is 15.8. The first kappa shape index (κ1) is 15.7. The van der Waals surface area contributed by atoms with E-state index in [1.807, 2.05) is 24.3 Å². The van der Waals surface area contributed by atoms with E-state index in [1.165, 1.54) is 0 Å². The molecule has 5 heteroatoms. The number of rotatable bonds is 6. The summed E-state index contributed by atoms with van der Waals surface area (Å²) < 4.78 is 5.57. The highest BCUT2D eigenvalue weighted by Crippen LogP contribution is 2.25. The van der Waals surface area contributed by atoms with Crippen LogP contribution in [0.1, 0.15) is 30.9 Å². The number of carbonyl (C=O) groups excluding carboxylic acids is 1. The normalized spacial score (nSPS) is 10.9. The lowest BCUT2D eigenvalue weighted by atomic mass is 10.0. The van der Waals surface area contributed by atoms with Gasteiger partial charge >= 0.3 is 0 Å². The fourth-order valence-electron chi connectivity index (χ4n) is 1.89. The number of para-hydroxylation sites is 1. The van der Waals surface area contributed by atoms with Crippen LogP contribution in [0.25, 0.3) is 0 Å². The van der Waals surface area contributed by atoms with E-state index in [0.29, 0.717) is 5.92 Å². The van der Waals surface area contributed by atoms with E-state index in [9.17, 15) is 4.79 Å². The molecule has 1 aromatic carbocycles. The molecule has 0 saturated heterocycles. The fourth-order valence-corrected chi connectivity index (χ4v) is 1.89. The molecule has 0 aliphatic heterocycles. The van der Waals surface area contributed by atoms with Crippen LogP contribution in [0, 0.1) is 0 Å². The van der Waals surface area contributed by atoms with Gasteiger partial charge in [0.1, 0.15) is 5.75 Å². The molecule has 0 spiro atoms. The van der Waals surface area contributed by atoms with Crippen molar-refractivity contribution in [2.24, 2.45) is 5.10 Å². The van der Waals surface area contributed by atoms with Crippen molar-refractivity contribution in [1.29, 1.82) is 0 Å². The van der Waals surface area contributed by atoms with Gasteiger partial charge in [0.15, 0.2) is 6.61 Å². The quantitative estimate of drug-likeness (QED) is 0.658. The van der Waals surface area contributed by atoms with Gasteiger partial charge in [-0.1, -0.05) is 32.0 Å². The zero-order valence-corrected chi connectivity index (χ0v) is 12.7. The van der Waals surface area contributed by atoms with Gasteiger partial charge in [0, 0.05) is 12.4 Å². The summed E-state index contributed by atoms with van der Waals surface area (Å²) >= 11 is 0. The van der Waals surface area contributed by atoms with Crippen LogP contribution in [0.3, 0.4) is 0 Å². The molecule has 1 heterocycles. The average Bonchev–Trinajstić information content (AvgIpc) is 2.54. The predicted octanol–water partition coefficient (Wildman–Crippen LogP) is 2.73. The molecule has 2 aromatic rings. The van der Waals surface area contributed by atoms with Gasteiger partial charge in [-0.05, 0) is 35.2 Å². The number of carbonyl (C=O) groups is 1. The van der Waals surface area contributed by atoms with Crippen LogP contribution in [0.15, 0.2) is 53.9 Å². The maximum absolute atomic E-state index is 11.7. The van der Waals surface area contributed by atoms with Gasteiger partial charge in [-0.2, -0.15) is 5.10 Å². The first-order chi connectivity index (χ1) is 10.7. The van der Waals surface area contributed by atoms with Crippen LogP contribution in [-0.2, 0) is 4.79 Å². The van der Waals surface area contributed by atoms with E-state index in [4.69, 9.17) is 4.74 Å². The standard InChI is InChI=1S/C17H19N3O2/c1-13(2)15-5-3-4-6-16(15)22-12-17(21)20-19-11-14-7-9-18-10-8-14/h3-11,13H,12H2,1-2H3,(H,20,21). The predicted molar refractivity (Wildman–Crippen MR) is 86.0 cm³/mol. The van der Waals surface area contributed by atoms with E-state index in [2.05, 4.69) is 29.4 Å². The molecule has 0 fully saturated rings. The van der Waals surface area contributed by atoms with Crippen molar-refractivity contribution in [2.75, 3.05) is 6.61 Å². The van der Waals surface area contributed by atoms with Gasteiger partial charge in [0.2, 0.25) is 0 Å². The van der Waals surface area contributed by atoms with Crippen molar-refractivity contribution >= 4 is 12.1 Å². The molecule has 1 aromatic heterocycles. The minimum atomic E-state index is -0.302. The smallest absolute Gasteiger partial charge is 0.277 e. The molecule has 2 rings (SSSR count). The SMILES string of the molecule is CC(C)c1ccccc1OCC(=O)NN=Cc1ccncc1. The number of hydrazone groups is 1. The fraction of sp³-hybridized carbons (Fsp3) is 0.235. The Hall–Kier alpha value is -2.69. The molecule has 0 unspecified atom stereocenters. The number of benzene rings is 1. The first-order valence-electron chi connectivity index (χ1n) is 7.10. The number of pyridine rings is 1. The van der Waals surface area contributed by atoms with Crippen molar-refractivity contribution in [3.05, 3.63) is 59.9 Å². The number of aromatic nitrogens is 1. The van der Waals surface area contributed by atoms with Gasteiger partial charge < -0.3 is 4.74 Å². The van der Waals surface area contributed by atoms with Gasteiger partial charge in [-0.3, -0.25) is 9.78 Å². The van der Waals surface area contributed by atoms with E-state index in [-0.39, 0.29) is 12.5 Å².